The van der Waals surface area contributed by atoms with Crippen molar-refractivity contribution < 1.29 is 19.2 Å². The van der Waals surface area contributed by atoms with Crippen LogP contribution in [0.3, 0.4) is 0 Å². The molecular weight excluding hydrogens is 336 g/mol. The first kappa shape index (κ1) is 21.9. The first-order chi connectivity index (χ1) is 12.2. The molecule has 0 unspecified atom stereocenters. The predicted molar refractivity (Wildman–Crippen MR) is 98.3 cm³/mol. The zero-order valence-electron chi connectivity index (χ0n) is 16.5. The van der Waals surface area contributed by atoms with Crippen molar-refractivity contribution in [3.63, 3.8) is 0 Å². The average Bonchev–Trinajstić information content (AvgIpc) is 2.54. The second-order valence-electron chi connectivity index (χ2n) is 6.73. The highest BCUT2D eigenvalue weighted by Crippen LogP contribution is 2.04. The molecule has 0 aromatic heterocycles. The molecule has 1 aliphatic heterocycles. The molecule has 8 nitrogen and oxygen atoms in total. The Kier molecular flexibility index (Phi) is 9.09. The topological polar surface area (TPSA) is 81.2 Å². The normalized spacial score (nSPS) is 18.3. The largest absolute Gasteiger partial charge is 0.341 e. The van der Waals surface area contributed by atoms with Gasteiger partial charge in [-0.25, -0.2) is 0 Å². The monoisotopic (exact) mass is 368 g/mol. The summed E-state index contributed by atoms with van der Waals surface area (Å²) in [6, 6.07) is 0. The molecule has 148 valence electrons. The van der Waals surface area contributed by atoms with Crippen molar-refractivity contribution in [1.29, 1.82) is 0 Å². The van der Waals surface area contributed by atoms with Crippen LogP contribution in [0.25, 0.3) is 0 Å². The van der Waals surface area contributed by atoms with E-state index in [0.717, 1.165) is 0 Å². The molecule has 1 saturated heterocycles. The number of rotatable bonds is 0. The van der Waals surface area contributed by atoms with Gasteiger partial charge in [-0.2, -0.15) is 0 Å². The highest BCUT2D eigenvalue weighted by Gasteiger charge is 2.18. The molecule has 0 spiro atoms. The molecular formula is C18H32N4O4. The third-order valence-electron chi connectivity index (χ3n) is 4.77. The molecule has 0 bridgehead atoms. The highest BCUT2D eigenvalue weighted by molar-refractivity contribution is 5.75. The summed E-state index contributed by atoms with van der Waals surface area (Å²) >= 11 is 0. The van der Waals surface area contributed by atoms with E-state index in [-0.39, 0.29) is 23.6 Å². The number of carbonyl (C=O) groups is 4. The summed E-state index contributed by atoms with van der Waals surface area (Å²) in [6.07, 6.45) is 1.33. The van der Waals surface area contributed by atoms with Crippen LogP contribution in [0.15, 0.2) is 0 Å². The maximum Gasteiger partial charge on any atom is 0.219 e. The van der Waals surface area contributed by atoms with Crippen molar-refractivity contribution in [3.05, 3.63) is 0 Å². The van der Waals surface area contributed by atoms with E-state index in [2.05, 4.69) is 0 Å². The van der Waals surface area contributed by atoms with Crippen molar-refractivity contribution >= 4 is 23.6 Å². The molecule has 26 heavy (non-hydrogen) atoms. The van der Waals surface area contributed by atoms with Crippen molar-refractivity contribution in [1.82, 2.24) is 19.6 Å². The van der Waals surface area contributed by atoms with Crippen molar-refractivity contribution in [2.45, 2.75) is 40.5 Å². The van der Waals surface area contributed by atoms with Crippen LogP contribution in [0.1, 0.15) is 40.5 Å². The predicted octanol–water partition coefficient (Wildman–Crippen LogP) is 0.174. The van der Waals surface area contributed by atoms with Gasteiger partial charge in [0.1, 0.15) is 0 Å². The minimum absolute atomic E-state index is 0.0299. The summed E-state index contributed by atoms with van der Waals surface area (Å²) in [6.45, 7) is 10.2. The summed E-state index contributed by atoms with van der Waals surface area (Å²) in [5, 5.41) is 0. The molecule has 1 aliphatic rings. The van der Waals surface area contributed by atoms with Gasteiger partial charge < -0.3 is 19.6 Å². The SMILES string of the molecule is CC(=O)N1CCCN(C(C)=O)CCN(C(C)=O)CCCN(C(C)=O)CC1. The smallest absolute Gasteiger partial charge is 0.219 e. The fourth-order valence-corrected chi connectivity index (χ4v) is 3.09. The second-order valence-corrected chi connectivity index (χ2v) is 6.73. The Morgan fingerprint density at radius 2 is 0.615 bits per heavy atom. The van der Waals surface area contributed by atoms with Crippen molar-refractivity contribution in [3.8, 4) is 0 Å². The van der Waals surface area contributed by atoms with Crippen LogP contribution in [0.4, 0.5) is 0 Å². The van der Waals surface area contributed by atoms with Crippen LogP contribution in [0.2, 0.25) is 0 Å². The standard InChI is InChI=1S/C18H32N4O4/c1-15(23)19-7-5-8-21(17(3)25)13-14-22(18(4)26)10-6-9-20(12-11-19)16(2)24/h5-14H2,1-4H3. The molecule has 0 saturated carbocycles. The molecule has 1 rings (SSSR count). The second kappa shape index (κ2) is 10.8. The van der Waals surface area contributed by atoms with Gasteiger partial charge in [-0.3, -0.25) is 19.2 Å². The van der Waals surface area contributed by atoms with Gasteiger partial charge in [0, 0.05) is 80.1 Å². The van der Waals surface area contributed by atoms with E-state index in [1.807, 2.05) is 0 Å². The number of hydrogen-bond acceptors (Lipinski definition) is 4. The molecule has 1 heterocycles. The van der Waals surface area contributed by atoms with Crippen LogP contribution < -0.4 is 0 Å². The quantitative estimate of drug-likeness (QED) is 0.611. The minimum Gasteiger partial charge on any atom is -0.341 e. The van der Waals surface area contributed by atoms with Crippen LogP contribution in [0.5, 0.6) is 0 Å². The van der Waals surface area contributed by atoms with E-state index in [0.29, 0.717) is 65.2 Å². The van der Waals surface area contributed by atoms with Gasteiger partial charge in [-0.1, -0.05) is 0 Å². The Morgan fingerprint density at radius 3 is 0.769 bits per heavy atom. The lowest BCUT2D eigenvalue weighted by Crippen LogP contribution is -2.44. The summed E-state index contributed by atoms with van der Waals surface area (Å²) in [5.41, 5.74) is 0. The van der Waals surface area contributed by atoms with Gasteiger partial charge in [0.05, 0.1) is 0 Å². The van der Waals surface area contributed by atoms with Crippen molar-refractivity contribution in [2.24, 2.45) is 0 Å². The average molecular weight is 368 g/mol. The summed E-state index contributed by atoms with van der Waals surface area (Å²) in [4.78, 5) is 54.3. The van der Waals surface area contributed by atoms with Gasteiger partial charge in [-0.05, 0) is 12.8 Å². The van der Waals surface area contributed by atoms with Gasteiger partial charge in [0.2, 0.25) is 23.6 Å². The summed E-state index contributed by atoms with van der Waals surface area (Å²) < 4.78 is 0. The fourth-order valence-electron chi connectivity index (χ4n) is 3.09. The number of hydrogen-bond donors (Lipinski definition) is 0. The highest BCUT2D eigenvalue weighted by atomic mass is 16.2. The minimum atomic E-state index is -0.0299. The van der Waals surface area contributed by atoms with Gasteiger partial charge >= 0.3 is 0 Å². The summed E-state index contributed by atoms with van der Waals surface area (Å²) in [7, 11) is 0. The zero-order valence-corrected chi connectivity index (χ0v) is 16.5. The third-order valence-corrected chi connectivity index (χ3v) is 4.77. The molecule has 0 radical (unpaired) electrons. The van der Waals surface area contributed by atoms with Gasteiger partial charge in [0.25, 0.3) is 0 Å². The molecule has 0 atom stereocenters. The third kappa shape index (κ3) is 7.41. The molecule has 0 N–H and O–H groups in total. The van der Waals surface area contributed by atoms with Crippen LogP contribution >= 0.6 is 0 Å². The Balaban J connectivity index is 2.86. The van der Waals surface area contributed by atoms with E-state index < -0.39 is 0 Å². The zero-order chi connectivity index (χ0) is 19.7. The summed E-state index contributed by atoms with van der Waals surface area (Å²) in [5.74, 6) is -0.120. The van der Waals surface area contributed by atoms with Gasteiger partial charge in [-0.15, -0.1) is 0 Å². The Morgan fingerprint density at radius 1 is 0.423 bits per heavy atom. The first-order valence-electron chi connectivity index (χ1n) is 9.24. The van der Waals surface area contributed by atoms with E-state index >= 15 is 0 Å². The number of nitrogens with zero attached hydrogens (tertiary/aromatic N) is 4. The molecule has 0 aromatic carbocycles. The van der Waals surface area contributed by atoms with Crippen LogP contribution in [0, 0.1) is 0 Å². The Labute approximate surface area is 156 Å². The van der Waals surface area contributed by atoms with Crippen LogP contribution in [-0.2, 0) is 19.2 Å². The van der Waals surface area contributed by atoms with E-state index in [9.17, 15) is 19.2 Å². The maximum absolute atomic E-state index is 11.8. The molecule has 1 fully saturated rings. The van der Waals surface area contributed by atoms with E-state index in [1.54, 1.807) is 19.6 Å². The lowest BCUT2D eigenvalue weighted by Gasteiger charge is -2.31. The van der Waals surface area contributed by atoms with E-state index in [1.165, 1.54) is 27.7 Å². The fraction of sp³-hybridized carbons (Fsp3) is 0.778. The van der Waals surface area contributed by atoms with Crippen LogP contribution in [-0.4, -0.2) is 95.6 Å². The Hall–Kier alpha value is -2.12. The lowest BCUT2D eigenvalue weighted by atomic mass is 10.2. The number of amides is 4. The Bertz CT molecular complexity index is 433. The molecule has 0 aliphatic carbocycles. The van der Waals surface area contributed by atoms with Gasteiger partial charge in [0.15, 0.2) is 0 Å². The van der Waals surface area contributed by atoms with E-state index in [4.69, 9.17) is 0 Å². The first-order valence-corrected chi connectivity index (χ1v) is 9.24. The number of carbonyl (C=O) groups excluding carboxylic acids is 4. The lowest BCUT2D eigenvalue weighted by molar-refractivity contribution is -0.134. The molecule has 0 aromatic rings. The maximum atomic E-state index is 11.8. The molecule has 4 amide bonds. The molecule has 8 heteroatoms. The van der Waals surface area contributed by atoms with Crippen molar-refractivity contribution in [2.75, 3.05) is 52.4 Å².